The standard InChI is InChI=1S/C10H13N3O2/c1-7-2-4-8(5-3-7)13-10(11)12-6-9(14)15/h2-5H,6H2,1H3,(H,14,15)(H3,11,12,13)/p-1. The van der Waals surface area contributed by atoms with Crippen LogP contribution < -0.4 is 16.2 Å². The number of nitrogens with zero attached hydrogens (tertiary/aromatic N) is 1. The van der Waals surface area contributed by atoms with Crippen LogP contribution in [0.15, 0.2) is 29.3 Å². The van der Waals surface area contributed by atoms with Crippen molar-refractivity contribution in [3.05, 3.63) is 29.8 Å². The number of hydrogen-bond donors (Lipinski definition) is 2. The van der Waals surface area contributed by atoms with Crippen molar-refractivity contribution in [2.75, 3.05) is 11.9 Å². The lowest BCUT2D eigenvalue weighted by atomic mass is 10.2. The second-order valence-corrected chi connectivity index (χ2v) is 3.06. The van der Waals surface area contributed by atoms with Gasteiger partial charge in [-0.25, -0.2) is 4.99 Å². The number of nitrogens with one attached hydrogen (secondary N) is 1. The number of carbonyl (C=O) groups is 1. The molecule has 0 saturated carbocycles. The predicted octanol–water partition coefficient (Wildman–Crippen LogP) is -0.528. The number of aliphatic carboxylic acids is 1. The van der Waals surface area contributed by atoms with Gasteiger partial charge in [0, 0.05) is 5.69 Å². The Balaban J connectivity index is 2.58. The Bertz CT molecular complexity index is 371. The van der Waals surface area contributed by atoms with Crippen molar-refractivity contribution >= 4 is 17.6 Å². The highest BCUT2D eigenvalue weighted by Gasteiger charge is 1.93. The first-order valence-corrected chi connectivity index (χ1v) is 4.41. The molecule has 3 N–H and O–H groups in total. The number of benzene rings is 1. The molecule has 0 bridgehead atoms. The normalized spacial score (nSPS) is 11.1. The number of anilines is 1. The van der Waals surface area contributed by atoms with Crippen molar-refractivity contribution in [3.8, 4) is 0 Å². The highest BCUT2D eigenvalue weighted by molar-refractivity contribution is 5.93. The van der Waals surface area contributed by atoms with Gasteiger partial charge in [0.25, 0.3) is 0 Å². The van der Waals surface area contributed by atoms with Gasteiger partial charge < -0.3 is 21.0 Å². The molecule has 15 heavy (non-hydrogen) atoms. The Hall–Kier alpha value is -2.04. The molecule has 5 nitrogen and oxygen atoms in total. The number of rotatable bonds is 3. The van der Waals surface area contributed by atoms with Crippen molar-refractivity contribution in [1.29, 1.82) is 0 Å². The first kappa shape index (κ1) is 11.0. The van der Waals surface area contributed by atoms with E-state index in [0.717, 1.165) is 11.3 Å². The van der Waals surface area contributed by atoms with E-state index in [9.17, 15) is 9.90 Å². The fraction of sp³-hybridized carbons (Fsp3) is 0.200. The summed E-state index contributed by atoms with van der Waals surface area (Å²) in [5.41, 5.74) is 7.33. The van der Waals surface area contributed by atoms with Gasteiger partial charge in [-0.2, -0.15) is 0 Å². The summed E-state index contributed by atoms with van der Waals surface area (Å²) in [5, 5.41) is 12.9. The zero-order chi connectivity index (χ0) is 11.3. The van der Waals surface area contributed by atoms with Crippen LogP contribution in [-0.2, 0) is 4.79 Å². The Morgan fingerprint density at radius 2 is 2.07 bits per heavy atom. The summed E-state index contributed by atoms with van der Waals surface area (Å²) in [6.45, 7) is 1.53. The molecule has 0 spiro atoms. The second-order valence-electron chi connectivity index (χ2n) is 3.06. The van der Waals surface area contributed by atoms with Crippen LogP contribution >= 0.6 is 0 Å². The van der Waals surface area contributed by atoms with Gasteiger partial charge in [-0.15, -0.1) is 0 Å². The van der Waals surface area contributed by atoms with E-state index in [1.165, 1.54) is 0 Å². The average Bonchev–Trinajstić information content (AvgIpc) is 2.19. The maximum atomic E-state index is 10.1. The molecular weight excluding hydrogens is 194 g/mol. The van der Waals surface area contributed by atoms with Crippen molar-refractivity contribution in [2.24, 2.45) is 10.7 Å². The summed E-state index contributed by atoms with van der Waals surface area (Å²) in [5.74, 6) is -1.20. The number of nitrogens with two attached hydrogens (primary N) is 1. The molecule has 1 aromatic carbocycles. The Morgan fingerprint density at radius 3 is 2.60 bits per heavy atom. The molecular formula is C10H12N3O2-. The number of guanidine groups is 1. The lowest BCUT2D eigenvalue weighted by molar-refractivity contribution is -0.303. The van der Waals surface area contributed by atoms with Crippen LogP contribution in [0.3, 0.4) is 0 Å². The lowest BCUT2D eigenvalue weighted by Gasteiger charge is -2.05. The van der Waals surface area contributed by atoms with Crippen molar-refractivity contribution in [3.63, 3.8) is 0 Å². The van der Waals surface area contributed by atoms with Gasteiger partial charge in [0.05, 0.1) is 12.5 Å². The molecule has 0 atom stereocenters. The van der Waals surface area contributed by atoms with Gasteiger partial charge in [0.1, 0.15) is 0 Å². The van der Waals surface area contributed by atoms with Gasteiger partial charge in [0.2, 0.25) is 0 Å². The molecule has 1 rings (SSSR count). The fourth-order valence-electron chi connectivity index (χ4n) is 0.974. The molecule has 0 amide bonds. The van der Waals surface area contributed by atoms with E-state index in [1.807, 2.05) is 31.2 Å². The molecule has 0 aliphatic heterocycles. The number of aryl methyl sites for hydroxylation is 1. The van der Waals surface area contributed by atoms with Gasteiger partial charge in [-0.05, 0) is 19.1 Å². The van der Waals surface area contributed by atoms with Gasteiger partial charge in [0.15, 0.2) is 5.96 Å². The maximum Gasteiger partial charge on any atom is 0.193 e. The molecule has 0 aliphatic rings. The van der Waals surface area contributed by atoms with Crippen LogP contribution in [0.2, 0.25) is 0 Å². The first-order valence-electron chi connectivity index (χ1n) is 4.41. The highest BCUT2D eigenvalue weighted by atomic mass is 16.4. The average molecular weight is 206 g/mol. The molecule has 0 radical (unpaired) electrons. The van der Waals surface area contributed by atoms with E-state index in [4.69, 9.17) is 5.73 Å². The Kier molecular flexibility index (Phi) is 3.68. The molecule has 0 heterocycles. The third kappa shape index (κ3) is 4.12. The summed E-state index contributed by atoms with van der Waals surface area (Å²) in [4.78, 5) is 13.7. The summed E-state index contributed by atoms with van der Waals surface area (Å²) < 4.78 is 0. The number of carbonyl (C=O) groups excluding carboxylic acids is 1. The summed E-state index contributed by atoms with van der Waals surface area (Å²) in [7, 11) is 0. The maximum absolute atomic E-state index is 10.1. The molecule has 0 aliphatic carbocycles. The van der Waals surface area contributed by atoms with Crippen LogP contribution in [0.4, 0.5) is 5.69 Å². The van der Waals surface area contributed by atoms with Crippen molar-refractivity contribution < 1.29 is 9.90 Å². The third-order valence-corrected chi connectivity index (χ3v) is 1.70. The summed E-state index contributed by atoms with van der Waals surface area (Å²) in [6.07, 6.45) is 0. The minimum Gasteiger partial charge on any atom is -0.548 e. The second kappa shape index (κ2) is 4.99. The lowest BCUT2D eigenvalue weighted by Crippen LogP contribution is -2.29. The predicted molar refractivity (Wildman–Crippen MR) is 56.3 cm³/mol. The number of hydrogen-bond acceptors (Lipinski definition) is 3. The minimum absolute atomic E-state index is 0.0584. The van der Waals surface area contributed by atoms with Gasteiger partial charge in [-0.1, -0.05) is 17.7 Å². The topological polar surface area (TPSA) is 90.5 Å². The molecule has 80 valence electrons. The Labute approximate surface area is 87.6 Å². The van der Waals surface area contributed by atoms with E-state index in [2.05, 4.69) is 10.3 Å². The van der Waals surface area contributed by atoms with E-state index < -0.39 is 12.5 Å². The number of aliphatic imine (C=N–C) groups is 1. The van der Waals surface area contributed by atoms with Crippen LogP contribution in [0, 0.1) is 6.92 Å². The third-order valence-electron chi connectivity index (χ3n) is 1.70. The van der Waals surface area contributed by atoms with E-state index in [0.29, 0.717) is 0 Å². The molecule has 1 aromatic rings. The monoisotopic (exact) mass is 206 g/mol. The fourth-order valence-corrected chi connectivity index (χ4v) is 0.974. The minimum atomic E-state index is -1.26. The Morgan fingerprint density at radius 1 is 1.47 bits per heavy atom. The van der Waals surface area contributed by atoms with Gasteiger partial charge >= 0.3 is 0 Å². The van der Waals surface area contributed by atoms with Crippen LogP contribution in [0.5, 0.6) is 0 Å². The largest absolute Gasteiger partial charge is 0.548 e. The number of carboxylic acids is 1. The van der Waals surface area contributed by atoms with Crippen molar-refractivity contribution in [2.45, 2.75) is 6.92 Å². The summed E-state index contributed by atoms with van der Waals surface area (Å²) in [6, 6.07) is 7.48. The van der Waals surface area contributed by atoms with Crippen LogP contribution in [0.1, 0.15) is 5.56 Å². The molecule has 0 fully saturated rings. The number of carboxylic acid groups (broad SMARTS) is 1. The van der Waals surface area contributed by atoms with E-state index in [1.54, 1.807) is 0 Å². The molecule has 0 saturated heterocycles. The SMILES string of the molecule is Cc1ccc(NC(N)=NCC(=O)[O-])cc1. The van der Waals surface area contributed by atoms with E-state index >= 15 is 0 Å². The molecule has 0 aromatic heterocycles. The summed E-state index contributed by atoms with van der Waals surface area (Å²) >= 11 is 0. The molecule has 5 heteroatoms. The van der Waals surface area contributed by atoms with Gasteiger partial charge in [-0.3, -0.25) is 0 Å². The molecule has 0 unspecified atom stereocenters. The zero-order valence-corrected chi connectivity index (χ0v) is 8.36. The van der Waals surface area contributed by atoms with Crippen LogP contribution in [-0.4, -0.2) is 18.5 Å². The van der Waals surface area contributed by atoms with E-state index in [-0.39, 0.29) is 5.96 Å². The van der Waals surface area contributed by atoms with Crippen molar-refractivity contribution in [1.82, 2.24) is 0 Å². The van der Waals surface area contributed by atoms with Crippen LogP contribution in [0.25, 0.3) is 0 Å². The first-order chi connectivity index (χ1) is 7.08. The smallest absolute Gasteiger partial charge is 0.193 e. The highest BCUT2D eigenvalue weighted by Crippen LogP contribution is 2.07. The zero-order valence-electron chi connectivity index (χ0n) is 8.36. The quantitative estimate of drug-likeness (QED) is 0.514.